The van der Waals surface area contributed by atoms with Crippen LogP contribution >= 0.6 is 11.6 Å². The number of halogens is 3. The van der Waals surface area contributed by atoms with Crippen molar-refractivity contribution in [3.63, 3.8) is 0 Å². The summed E-state index contributed by atoms with van der Waals surface area (Å²) in [5.41, 5.74) is -0.688. The Bertz CT molecular complexity index is 1410. The van der Waals surface area contributed by atoms with Gasteiger partial charge in [0, 0.05) is 20.1 Å². The number of benzene rings is 1. The lowest BCUT2D eigenvalue weighted by molar-refractivity contribution is 0.186. The number of aromatic nitrogens is 8. The van der Waals surface area contributed by atoms with E-state index in [0.29, 0.717) is 6.42 Å². The summed E-state index contributed by atoms with van der Waals surface area (Å²) < 4.78 is 34.6. The van der Waals surface area contributed by atoms with Gasteiger partial charge in [-0.25, -0.2) is 13.6 Å². The Labute approximate surface area is 189 Å². The topological polar surface area (TPSA) is 126 Å². The lowest BCUT2D eigenvalue weighted by Gasteiger charge is -2.10. The van der Waals surface area contributed by atoms with E-state index in [-0.39, 0.29) is 60.5 Å². The molecule has 4 rings (SSSR count). The summed E-state index contributed by atoms with van der Waals surface area (Å²) >= 11 is 5.90. The Morgan fingerprint density at radius 3 is 2.76 bits per heavy atom. The average Bonchev–Trinajstić information content (AvgIpc) is 3.39. The number of hydrogen-bond donors (Lipinski definition) is 1. The number of nitrogens with one attached hydrogen (secondary N) is 1. The zero-order valence-corrected chi connectivity index (χ0v) is 18.2. The number of fused-ring (bicyclic) bond motifs is 1. The van der Waals surface area contributed by atoms with Crippen LogP contribution in [0.5, 0.6) is 0 Å². The predicted octanol–water partition coefficient (Wildman–Crippen LogP) is 1.13. The number of hydrogen-bond acceptors (Lipinski definition) is 7. The van der Waals surface area contributed by atoms with Crippen LogP contribution in [0.3, 0.4) is 0 Å². The highest BCUT2D eigenvalue weighted by atomic mass is 35.5. The third-order valence-corrected chi connectivity index (χ3v) is 5.12. The summed E-state index contributed by atoms with van der Waals surface area (Å²) in [6.07, 6.45) is 0.307. The molecule has 0 atom stereocenters. The highest BCUT2D eigenvalue weighted by molar-refractivity contribution is 6.28. The van der Waals surface area contributed by atoms with Crippen molar-refractivity contribution in [1.82, 2.24) is 39.3 Å². The van der Waals surface area contributed by atoms with Crippen molar-refractivity contribution < 1.29 is 13.5 Å². The molecule has 33 heavy (non-hydrogen) atoms. The number of methoxy groups -OCH3 is 1. The van der Waals surface area contributed by atoms with E-state index in [0.717, 1.165) is 22.8 Å². The van der Waals surface area contributed by atoms with Gasteiger partial charge in [0.1, 0.15) is 11.6 Å². The van der Waals surface area contributed by atoms with Crippen LogP contribution in [0.1, 0.15) is 17.8 Å². The summed E-state index contributed by atoms with van der Waals surface area (Å²) in [7, 11) is 1.50. The van der Waals surface area contributed by atoms with Crippen molar-refractivity contribution in [3.05, 3.63) is 67.3 Å². The van der Waals surface area contributed by atoms with E-state index in [1.807, 2.05) is 0 Å². The summed E-state index contributed by atoms with van der Waals surface area (Å²) in [5, 5.41) is 11.9. The van der Waals surface area contributed by atoms with Gasteiger partial charge in [-0.3, -0.25) is 13.9 Å². The van der Waals surface area contributed by atoms with Crippen LogP contribution < -0.4 is 11.2 Å². The van der Waals surface area contributed by atoms with E-state index in [4.69, 9.17) is 16.3 Å². The van der Waals surface area contributed by atoms with Gasteiger partial charge in [0.05, 0.1) is 19.7 Å². The zero-order chi connectivity index (χ0) is 23.5. The quantitative estimate of drug-likeness (QED) is 0.356. The summed E-state index contributed by atoms with van der Waals surface area (Å²) in [5.74, 6) is -0.908. The van der Waals surface area contributed by atoms with Gasteiger partial charge in [-0.2, -0.15) is 9.78 Å². The van der Waals surface area contributed by atoms with E-state index < -0.39 is 22.9 Å². The monoisotopic (exact) mass is 480 g/mol. The molecule has 0 aliphatic heterocycles. The Morgan fingerprint density at radius 2 is 1.97 bits per heavy atom. The van der Waals surface area contributed by atoms with Crippen molar-refractivity contribution in [1.29, 1.82) is 0 Å². The molecule has 0 unspecified atom stereocenters. The van der Waals surface area contributed by atoms with Crippen LogP contribution in [0.4, 0.5) is 8.78 Å². The molecule has 0 aliphatic carbocycles. The molecule has 1 aromatic carbocycles. The van der Waals surface area contributed by atoms with Gasteiger partial charge in [-0.1, -0.05) is 0 Å². The van der Waals surface area contributed by atoms with Crippen LogP contribution in [-0.4, -0.2) is 53.0 Å². The second-order valence-corrected chi connectivity index (χ2v) is 7.54. The summed E-state index contributed by atoms with van der Waals surface area (Å²) in [6, 6.07) is 3.15. The van der Waals surface area contributed by atoms with Gasteiger partial charge < -0.3 is 9.72 Å². The maximum Gasteiger partial charge on any atom is 0.332 e. The number of aromatic amines is 1. The Balaban J connectivity index is 1.49. The normalized spacial score (nSPS) is 11.5. The standard InChI is InChI=1S/C19H19ClF2N8O3/c1-33-8-7-28-16-15(23-18(20)24-16)17(31)29(19(28)32)5-2-6-30-26-14(25-27-30)10-11-9-12(21)3-4-13(11)22/h3-4,9H,2,5-8,10H2,1H3,(H,23,24). The molecule has 0 saturated carbocycles. The first-order valence-electron chi connectivity index (χ1n) is 9.95. The maximum absolute atomic E-state index is 13.8. The first-order chi connectivity index (χ1) is 15.9. The summed E-state index contributed by atoms with van der Waals surface area (Å²) in [4.78, 5) is 33.6. The van der Waals surface area contributed by atoms with E-state index in [1.54, 1.807) is 0 Å². The Kier molecular flexibility index (Phi) is 6.60. The minimum Gasteiger partial charge on any atom is -0.383 e. The van der Waals surface area contributed by atoms with Gasteiger partial charge in [0.25, 0.3) is 5.56 Å². The molecule has 3 aromatic heterocycles. The van der Waals surface area contributed by atoms with E-state index in [1.165, 1.54) is 16.5 Å². The minimum absolute atomic E-state index is 0.000467. The number of aryl methyl sites for hydroxylation is 1. The molecule has 14 heteroatoms. The van der Waals surface area contributed by atoms with Crippen LogP contribution in [0.2, 0.25) is 5.28 Å². The minimum atomic E-state index is -0.564. The lowest BCUT2D eigenvalue weighted by atomic mass is 10.1. The molecule has 174 valence electrons. The largest absolute Gasteiger partial charge is 0.383 e. The molecule has 0 amide bonds. The van der Waals surface area contributed by atoms with Gasteiger partial charge in [0.15, 0.2) is 17.0 Å². The molecule has 0 saturated heterocycles. The molecule has 3 heterocycles. The van der Waals surface area contributed by atoms with Crippen molar-refractivity contribution in [3.8, 4) is 0 Å². The molecule has 0 bridgehead atoms. The van der Waals surface area contributed by atoms with Gasteiger partial charge in [-0.15, -0.1) is 10.2 Å². The summed E-state index contributed by atoms with van der Waals surface area (Å²) in [6.45, 7) is 0.754. The molecular formula is C19H19ClF2N8O3. The molecular weight excluding hydrogens is 462 g/mol. The number of rotatable bonds is 9. The maximum atomic E-state index is 13.8. The van der Waals surface area contributed by atoms with Crippen LogP contribution in [-0.2, 0) is 30.8 Å². The van der Waals surface area contributed by atoms with Crippen LogP contribution in [0, 0.1) is 11.6 Å². The van der Waals surface area contributed by atoms with E-state index in [9.17, 15) is 18.4 Å². The fourth-order valence-corrected chi connectivity index (χ4v) is 3.56. The van der Waals surface area contributed by atoms with Crippen molar-refractivity contribution >= 4 is 22.8 Å². The second kappa shape index (κ2) is 9.58. The Hall–Kier alpha value is -3.45. The van der Waals surface area contributed by atoms with Gasteiger partial charge in [-0.05, 0) is 47.0 Å². The smallest absolute Gasteiger partial charge is 0.332 e. The number of tetrazole rings is 1. The van der Waals surface area contributed by atoms with Crippen molar-refractivity contribution in [2.24, 2.45) is 0 Å². The molecule has 11 nitrogen and oxygen atoms in total. The van der Waals surface area contributed by atoms with Crippen LogP contribution in [0.25, 0.3) is 11.2 Å². The average molecular weight is 481 g/mol. The fourth-order valence-electron chi connectivity index (χ4n) is 3.38. The van der Waals surface area contributed by atoms with E-state index in [2.05, 4.69) is 25.4 Å². The van der Waals surface area contributed by atoms with Gasteiger partial charge >= 0.3 is 5.69 Å². The molecule has 0 spiro atoms. The zero-order valence-electron chi connectivity index (χ0n) is 17.5. The number of imidazole rings is 1. The number of nitrogens with zero attached hydrogens (tertiary/aromatic N) is 7. The van der Waals surface area contributed by atoms with Crippen molar-refractivity contribution in [2.75, 3.05) is 13.7 Å². The first kappa shape index (κ1) is 22.7. The highest BCUT2D eigenvalue weighted by Crippen LogP contribution is 2.13. The molecule has 0 radical (unpaired) electrons. The number of H-pyrrole nitrogens is 1. The predicted molar refractivity (Wildman–Crippen MR) is 113 cm³/mol. The van der Waals surface area contributed by atoms with E-state index >= 15 is 0 Å². The fraction of sp³-hybridized carbons (Fsp3) is 0.368. The molecule has 4 aromatic rings. The lowest BCUT2D eigenvalue weighted by Crippen LogP contribution is -2.41. The van der Waals surface area contributed by atoms with Crippen molar-refractivity contribution in [2.45, 2.75) is 32.5 Å². The third-order valence-electron chi connectivity index (χ3n) is 4.94. The van der Waals surface area contributed by atoms with Crippen LogP contribution in [0.15, 0.2) is 27.8 Å². The SMILES string of the molecule is COCCn1c(=O)n(CCCn2nnc(Cc3cc(F)ccc3F)n2)c(=O)c2[nH]c(Cl)nc21. The third kappa shape index (κ3) is 4.83. The molecule has 1 N–H and O–H groups in total. The number of ether oxygens (including phenoxy) is 1. The first-order valence-corrected chi connectivity index (χ1v) is 10.3. The van der Waals surface area contributed by atoms with Gasteiger partial charge in [0.2, 0.25) is 5.28 Å². The highest BCUT2D eigenvalue weighted by Gasteiger charge is 2.17. The second-order valence-electron chi connectivity index (χ2n) is 7.18. The Morgan fingerprint density at radius 1 is 1.15 bits per heavy atom. The molecule has 0 aliphatic rings. The molecule has 0 fully saturated rings.